The lowest BCUT2D eigenvalue weighted by Gasteiger charge is -2.24. The molecule has 0 unspecified atom stereocenters. The van der Waals surface area contributed by atoms with E-state index in [0.29, 0.717) is 6.54 Å². The molecule has 1 aliphatic rings. The number of aromatic nitrogens is 2. The molecule has 0 amide bonds. The Morgan fingerprint density at radius 1 is 1.10 bits per heavy atom. The number of hydrogen-bond donors (Lipinski definition) is 1. The van der Waals surface area contributed by atoms with Crippen LogP contribution in [0.4, 0.5) is 0 Å². The van der Waals surface area contributed by atoms with Crippen LogP contribution in [0.3, 0.4) is 0 Å². The topological polar surface area (TPSA) is 50.5 Å². The van der Waals surface area contributed by atoms with E-state index in [0.717, 1.165) is 54.0 Å². The summed E-state index contributed by atoms with van der Waals surface area (Å²) in [6.45, 7) is 6.37. The number of para-hydroxylation sites is 2. The maximum atomic E-state index is 10.1. The van der Waals surface area contributed by atoms with Crippen LogP contribution in [0.2, 0.25) is 0 Å². The second-order valence-electron chi connectivity index (χ2n) is 8.23. The predicted octanol–water partition coefficient (Wildman–Crippen LogP) is 4.82. The third-order valence-electron chi connectivity index (χ3n) is 5.43. The Kier molecular flexibility index (Phi) is 6.50. The first-order chi connectivity index (χ1) is 14.6. The number of aliphatic hydroxyl groups excluding tert-OH is 1. The van der Waals surface area contributed by atoms with Crippen LogP contribution in [0.15, 0.2) is 60.7 Å². The average Bonchev–Trinajstić information content (AvgIpc) is 3.51. The largest absolute Gasteiger partial charge is 0.439 e. The van der Waals surface area contributed by atoms with Crippen LogP contribution in [-0.2, 0) is 13.0 Å². The summed E-state index contributed by atoms with van der Waals surface area (Å²) >= 11 is 0. The molecule has 0 spiro atoms. The van der Waals surface area contributed by atoms with Crippen molar-refractivity contribution in [3.05, 3.63) is 71.9 Å². The summed E-state index contributed by atoms with van der Waals surface area (Å²) in [7, 11) is 0. The Balaban J connectivity index is 1.73. The van der Waals surface area contributed by atoms with Gasteiger partial charge in [0.25, 0.3) is 0 Å². The van der Waals surface area contributed by atoms with E-state index in [2.05, 4.69) is 11.8 Å². The highest BCUT2D eigenvalue weighted by molar-refractivity contribution is 5.43. The van der Waals surface area contributed by atoms with Gasteiger partial charge in [0.1, 0.15) is 5.75 Å². The fourth-order valence-corrected chi connectivity index (χ4v) is 3.84. The van der Waals surface area contributed by atoms with E-state index in [1.807, 2.05) is 72.3 Å². The third kappa shape index (κ3) is 5.10. The van der Waals surface area contributed by atoms with E-state index in [9.17, 15) is 5.11 Å². The Morgan fingerprint density at radius 3 is 2.37 bits per heavy atom. The van der Waals surface area contributed by atoms with E-state index in [1.165, 1.54) is 12.8 Å². The number of benzene rings is 2. The van der Waals surface area contributed by atoms with Gasteiger partial charge in [-0.3, -0.25) is 4.90 Å². The first kappa shape index (κ1) is 20.6. The van der Waals surface area contributed by atoms with Crippen molar-refractivity contribution in [2.75, 3.05) is 13.1 Å². The van der Waals surface area contributed by atoms with Gasteiger partial charge in [-0.05, 0) is 56.4 Å². The number of rotatable bonds is 10. The second kappa shape index (κ2) is 9.45. The molecule has 1 heterocycles. The highest BCUT2D eigenvalue weighted by Crippen LogP contribution is 2.34. The number of aliphatic hydroxyl groups is 1. The van der Waals surface area contributed by atoms with Gasteiger partial charge in [0.05, 0.1) is 23.0 Å². The molecule has 5 nitrogen and oxygen atoms in total. The molecule has 1 fully saturated rings. The summed E-state index contributed by atoms with van der Waals surface area (Å²) < 4.78 is 8.33. The van der Waals surface area contributed by atoms with Crippen LogP contribution < -0.4 is 4.74 Å². The number of ether oxygens (including phenoxy) is 1. The molecule has 0 saturated heterocycles. The average molecular weight is 406 g/mol. The van der Waals surface area contributed by atoms with Crippen molar-refractivity contribution < 1.29 is 9.84 Å². The zero-order valence-corrected chi connectivity index (χ0v) is 17.9. The lowest BCUT2D eigenvalue weighted by atomic mass is 10.1. The fourth-order valence-electron chi connectivity index (χ4n) is 3.84. The molecule has 1 N–H and O–H groups in total. The van der Waals surface area contributed by atoms with Crippen molar-refractivity contribution in [3.63, 3.8) is 0 Å². The number of hydrogen-bond acceptors (Lipinski definition) is 4. The molecule has 2 aromatic carbocycles. The molecule has 0 bridgehead atoms. The van der Waals surface area contributed by atoms with Crippen molar-refractivity contribution in [1.82, 2.24) is 14.7 Å². The Bertz CT molecular complexity index is 930. The Morgan fingerprint density at radius 2 is 1.77 bits per heavy atom. The van der Waals surface area contributed by atoms with Crippen LogP contribution in [0, 0.1) is 5.92 Å². The minimum Gasteiger partial charge on any atom is -0.439 e. The van der Waals surface area contributed by atoms with Gasteiger partial charge in [-0.2, -0.15) is 5.10 Å². The normalized spacial score (nSPS) is 14.8. The molecule has 1 saturated carbocycles. The Labute approximate surface area is 178 Å². The maximum Gasteiger partial charge on any atom is 0.227 e. The van der Waals surface area contributed by atoms with Crippen molar-refractivity contribution >= 4 is 0 Å². The van der Waals surface area contributed by atoms with E-state index < -0.39 is 0 Å². The molecule has 1 atom stereocenters. The minimum absolute atomic E-state index is 0.364. The highest BCUT2D eigenvalue weighted by Gasteiger charge is 2.28. The lowest BCUT2D eigenvalue weighted by Crippen LogP contribution is -2.32. The van der Waals surface area contributed by atoms with Gasteiger partial charge < -0.3 is 9.84 Å². The molecular formula is C25H31N3O2. The van der Waals surface area contributed by atoms with E-state index in [4.69, 9.17) is 9.84 Å². The van der Waals surface area contributed by atoms with Crippen molar-refractivity contribution in [1.29, 1.82) is 0 Å². The van der Waals surface area contributed by atoms with Gasteiger partial charge in [0, 0.05) is 19.6 Å². The highest BCUT2D eigenvalue weighted by atomic mass is 16.5. The first-order valence-corrected chi connectivity index (χ1v) is 10.9. The minimum atomic E-state index is -0.364. The summed E-state index contributed by atoms with van der Waals surface area (Å²) in [4.78, 5) is 2.35. The molecule has 30 heavy (non-hydrogen) atoms. The van der Waals surface area contributed by atoms with Gasteiger partial charge in [0.15, 0.2) is 0 Å². The van der Waals surface area contributed by atoms with Gasteiger partial charge >= 0.3 is 0 Å². The summed E-state index contributed by atoms with van der Waals surface area (Å²) in [5.41, 5.74) is 3.12. The van der Waals surface area contributed by atoms with Gasteiger partial charge in [-0.25, -0.2) is 4.68 Å². The van der Waals surface area contributed by atoms with Crippen LogP contribution in [-0.4, -0.2) is 39.0 Å². The number of aryl methyl sites for hydroxylation is 1. The first-order valence-electron chi connectivity index (χ1n) is 10.9. The van der Waals surface area contributed by atoms with Crippen molar-refractivity contribution in [2.24, 2.45) is 5.92 Å². The summed E-state index contributed by atoms with van der Waals surface area (Å²) in [5.74, 6) is 2.30. The van der Waals surface area contributed by atoms with E-state index in [-0.39, 0.29) is 6.10 Å². The summed E-state index contributed by atoms with van der Waals surface area (Å²) in [6, 6.07) is 20.0. The zero-order chi connectivity index (χ0) is 20.9. The number of nitrogens with zero attached hydrogens (tertiary/aromatic N) is 3. The fraction of sp³-hybridized carbons (Fsp3) is 0.400. The van der Waals surface area contributed by atoms with Crippen LogP contribution >= 0.6 is 0 Å². The maximum absolute atomic E-state index is 10.1. The van der Waals surface area contributed by atoms with Gasteiger partial charge in [-0.15, -0.1) is 0 Å². The van der Waals surface area contributed by atoms with Crippen LogP contribution in [0.25, 0.3) is 5.69 Å². The molecule has 158 valence electrons. The monoisotopic (exact) mass is 405 g/mol. The standard InChI is InChI=1S/C25H31N3O2/c1-3-24-23(18-27(16-19(2)29)17-20-14-15-20)25(30-22-12-8-5-9-13-22)28(26-24)21-10-6-4-7-11-21/h4-13,19-20,29H,3,14-18H2,1-2H3/t19-/m0/s1. The Hall–Kier alpha value is -2.63. The molecule has 1 aromatic heterocycles. The van der Waals surface area contributed by atoms with E-state index in [1.54, 1.807) is 0 Å². The van der Waals surface area contributed by atoms with Gasteiger partial charge in [-0.1, -0.05) is 43.3 Å². The summed E-state index contributed by atoms with van der Waals surface area (Å²) in [5, 5.41) is 15.0. The molecule has 4 rings (SSSR count). The van der Waals surface area contributed by atoms with Crippen molar-refractivity contribution in [2.45, 2.75) is 45.8 Å². The van der Waals surface area contributed by atoms with Crippen LogP contribution in [0.5, 0.6) is 11.6 Å². The SMILES string of the molecule is CCc1nn(-c2ccccc2)c(Oc2ccccc2)c1CN(CC1CC1)C[C@H](C)O. The molecule has 1 aliphatic carbocycles. The smallest absolute Gasteiger partial charge is 0.227 e. The van der Waals surface area contributed by atoms with Crippen LogP contribution in [0.1, 0.15) is 37.9 Å². The molecular weight excluding hydrogens is 374 g/mol. The van der Waals surface area contributed by atoms with E-state index >= 15 is 0 Å². The molecule has 3 aromatic rings. The van der Waals surface area contributed by atoms with Crippen molar-refractivity contribution in [3.8, 4) is 17.3 Å². The summed E-state index contributed by atoms with van der Waals surface area (Å²) in [6.07, 6.45) is 3.03. The molecule has 0 radical (unpaired) electrons. The predicted molar refractivity (Wildman–Crippen MR) is 119 cm³/mol. The molecule has 5 heteroatoms. The van der Waals surface area contributed by atoms with Gasteiger partial charge in [0.2, 0.25) is 5.88 Å². The zero-order valence-electron chi connectivity index (χ0n) is 17.9. The quantitative estimate of drug-likeness (QED) is 0.525. The second-order valence-corrected chi connectivity index (χ2v) is 8.23. The molecule has 0 aliphatic heterocycles. The third-order valence-corrected chi connectivity index (χ3v) is 5.43. The lowest BCUT2D eigenvalue weighted by molar-refractivity contribution is 0.118.